The van der Waals surface area contributed by atoms with Crippen molar-refractivity contribution in [2.24, 2.45) is 11.8 Å². The van der Waals surface area contributed by atoms with Crippen LogP contribution in [0.2, 0.25) is 0 Å². The molecule has 0 N–H and O–H groups in total. The molecular formula is C32H40N2. The first kappa shape index (κ1) is 22.0. The van der Waals surface area contributed by atoms with Gasteiger partial charge in [0.25, 0.3) is 0 Å². The quantitative estimate of drug-likeness (QED) is 0.459. The zero-order chi connectivity index (χ0) is 23.1. The average molecular weight is 453 g/mol. The summed E-state index contributed by atoms with van der Waals surface area (Å²) in [5.74, 6) is 1.52. The summed E-state index contributed by atoms with van der Waals surface area (Å²) < 4.78 is 0. The predicted octanol–water partition coefficient (Wildman–Crippen LogP) is 8.52. The molecule has 2 aliphatic heterocycles. The van der Waals surface area contributed by atoms with Gasteiger partial charge in [0.05, 0.1) is 11.2 Å². The first-order chi connectivity index (χ1) is 16.7. The molecule has 2 heterocycles. The molecule has 2 nitrogen and oxygen atoms in total. The van der Waals surface area contributed by atoms with E-state index in [4.69, 9.17) is 0 Å². The Kier molecular flexibility index (Phi) is 5.79. The summed E-state index contributed by atoms with van der Waals surface area (Å²) in [6.45, 7) is 4.63. The van der Waals surface area contributed by atoms with Gasteiger partial charge in [0.2, 0.25) is 0 Å². The number of anilines is 1. The Morgan fingerprint density at radius 1 is 0.706 bits per heavy atom. The summed E-state index contributed by atoms with van der Waals surface area (Å²) >= 11 is 0. The third kappa shape index (κ3) is 3.36. The van der Waals surface area contributed by atoms with E-state index in [1.165, 1.54) is 92.4 Å². The number of aryl methyl sites for hydroxylation is 1. The maximum Gasteiger partial charge on any atom is 0.133 e. The number of hydrogen-bond acceptors (Lipinski definition) is 2. The molecule has 2 aromatic carbocycles. The topological polar surface area (TPSA) is 6.48 Å². The number of hydrogen-bond donors (Lipinski definition) is 0. The van der Waals surface area contributed by atoms with Crippen LogP contribution in [0.5, 0.6) is 0 Å². The SMILES string of the molecule is CC1=C2C=CC(C3CCCCC3)(C3CCCCC3)N2C(c2ccccc2)N1c1ccccc1C. The van der Waals surface area contributed by atoms with Crippen LogP contribution in [0.3, 0.4) is 0 Å². The van der Waals surface area contributed by atoms with Crippen LogP contribution in [0.1, 0.15) is 88.4 Å². The molecule has 0 radical (unpaired) electrons. The fraction of sp³-hybridized carbons (Fsp3) is 0.500. The van der Waals surface area contributed by atoms with Crippen LogP contribution in [0.4, 0.5) is 5.69 Å². The molecular weight excluding hydrogens is 412 g/mol. The molecule has 0 bridgehead atoms. The van der Waals surface area contributed by atoms with E-state index >= 15 is 0 Å². The second-order valence-corrected chi connectivity index (χ2v) is 11.2. The Hall–Kier alpha value is -2.48. The highest BCUT2D eigenvalue weighted by atomic mass is 15.5. The van der Waals surface area contributed by atoms with E-state index in [2.05, 4.69) is 90.4 Å². The Balaban J connectivity index is 1.54. The fourth-order valence-corrected chi connectivity index (χ4v) is 7.84. The van der Waals surface area contributed by atoms with Crippen LogP contribution < -0.4 is 4.90 Å². The molecule has 0 saturated heterocycles. The largest absolute Gasteiger partial charge is 0.336 e. The van der Waals surface area contributed by atoms with E-state index in [1.807, 2.05) is 0 Å². The lowest BCUT2D eigenvalue weighted by molar-refractivity contribution is 0.00652. The minimum Gasteiger partial charge on any atom is -0.336 e. The lowest BCUT2D eigenvalue weighted by Gasteiger charge is -2.54. The van der Waals surface area contributed by atoms with Gasteiger partial charge in [-0.3, -0.25) is 0 Å². The second-order valence-electron chi connectivity index (χ2n) is 11.2. The summed E-state index contributed by atoms with van der Waals surface area (Å²) in [6, 6.07) is 20.3. The van der Waals surface area contributed by atoms with Crippen LogP contribution in [-0.4, -0.2) is 10.4 Å². The van der Waals surface area contributed by atoms with Crippen LogP contribution in [0.15, 0.2) is 78.1 Å². The van der Waals surface area contributed by atoms with Crippen molar-refractivity contribution >= 4 is 5.69 Å². The highest BCUT2D eigenvalue weighted by Crippen LogP contribution is 2.58. The first-order valence-corrected chi connectivity index (χ1v) is 13.8. The summed E-state index contributed by atoms with van der Waals surface area (Å²) in [7, 11) is 0. The molecule has 2 aromatic rings. The lowest BCUT2D eigenvalue weighted by Crippen LogP contribution is -2.57. The predicted molar refractivity (Wildman–Crippen MR) is 142 cm³/mol. The average Bonchev–Trinajstić information content (AvgIpc) is 3.43. The minimum absolute atomic E-state index is 0.148. The van der Waals surface area contributed by atoms with Gasteiger partial charge in [-0.15, -0.1) is 0 Å². The molecule has 0 spiro atoms. The molecule has 2 aliphatic carbocycles. The molecule has 2 saturated carbocycles. The van der Waals surface area contributed by atoms with E-state index in [-0.39, 0.29) is 11.7 Å². The molecule has 34 heavy (non-hydrogen) atoms. The number of benzene rings is 2. The Morgan fingerprint density at radius 3 is 1.91 bits per heavy atom. The maximum absolute atomic E-state index is 2.93. The first-order valence-electron chi connectivity index (χ1n) is 13.8. The standard InChI is InChI=1S/C32H40N2/c1-24-14-12-13-21-29(24)33-25(2)30-22-23-32(27-17-8-4-9-18-27,28-19-10-5-11-20-28)34(30)31(33)26-15-6-3-7-16-26/h3,6-7,12-16,21-23,27-28,31H,4-5,8-11,17-20H2,1-2H3. The van der Waals surface area contributed by atoms with Gasteiger partial charge in [-0.2, -0.15) is 0 Å². The Morgan fingerprint density at radius 2 is 1.29 bits per heavy atom. The number of nitrogens with zero attached hydrogens (tertiary/aromatic N) is 2. The number of para-hydroxylation sites is 1. The van der Waals surface area contributed by atoms with Gasteiger partial charge < -0.3 is 9.80 Å². The van der Waals surface area contributed by atoms with E-state index in [0.29, 0.717) is 0 Å². The van der Waals surface area contributed by atoms with Crippen molar-refractivity contribution in [2.75, 3.05) is 4.90 Å². The van der Waals surface area contributed by atoms with Gasteiger partial charge in [-0.05, 0) is 74.6 Å². The van der Waals surface area contributed by atoms with Gasteiger partial charge in [-0.25, -0.2) is 0 Å². The van der Waals surface area contributed by atoms with Crippen LogP contribution in [0.25, 0.3) is 0 Å². The molecule has 1 unspecified atom stereocenters. The Bertz CT molecular complexity index is 1050. The third-order valence-electron chi connectivity index (χ3n) is 9.40. The van der Waals surface area contributed by atoms with Crippen molar-refractivity contribution in [3.05, 3.63) is 89.3 Å². The highest BCUT2D eigenvalue weighted by molar-refractivity contribution is 5.64. The molecule has 6 rings (SSSR count). The van der Waals surface area contributed by atoms with Gasteiger partial charge >= 0.3 is 0 Å². The molecule has 0 amide bonds. The van der Waals surface area contributed by atoms with E-state index < -0.39 is 0 Å². The van der Waals surface area contributed by atoms with Gasteiger partial charge in [0, 0.05) is 11.4 Å². The smallest absolute Gasteiger partial charge is 0.133 e. The zero-order valence-electron chi connectivity index (χ0n) is 21.0. The lowest BCUT2D eigenvalue weighted by atomic mass is 9.63. The van der Waals surface area contributed by atoms with Crippen LogP contribution >= 0.6 is 0 Å². The monoisotopic (exact) mass is 452 g/mol. The molecule has 2 fully saturated rings. The summed E-state index contributed by atoms with van der Waals surface area (Å²) in [6.07, 6.45) is 19.4. The van der Waals surface area contributed by atoms with Crippen LogP contribution in [-0.2, 0) is 0 Å². The van der Waals surface area contributed by atoms with Crippen molar-refractivity contribution in [3.63, 3.8) is 0 Å². The minimum atomic E-state index is 0.148. The summed E-state index contributed by atoms with van der Waals surface area (Å²) in [5, 5.41) is 0. The van der Waals surface area contributed by atoms with Crippen molar-refractivity contribution in [1.82, 2.24) is 4.90 Å². The maximum atomic E-state index is 2.93. The molecule has 2 heteroatoms. The Labute approximate surface area is 206 Å². The van der Waals surface area contributed by atoms with Crippen molar-refractivity contribution in [2.45, 2.75) is 89.8 Å². The number of allylic oxidation sites excluding steroid dienone is 2. The zero-order valence-corrected chi connectivity index (χ0v) is 21.0. The van der Waals surface area contributed by atoms with Crippen molar-refractivity contribution < 1.29 is 0 Å². The van der Waals surface area contributed by atoms with E-state index in [0.717, 1.165) is 11.8 Å². The van der Waals surface area contributed by atoms with Crippen LogP contribution in [0, 0.1) is 18.8 Å². The third-order valence-corrected chi connectivity index (χ3v) is 9.40. The highest BCUT2D eigenvalue weighted by Gasteiger charge is 2.57. The molecule has 0 aromatic heterocycles. The summed E-state index contributed by atoms with van der Waals surface area (Å²) in [5.41, 5.74) is 7.15. The number of rotatable bonds is 4. The number of fused-ring (bicyclic) bond motifs is 1. The van der Waals surface area contributed by atoms with Gasteiger partial charge in [-0.1, -0.05) is 93.1 Å². The normalized spacial score (nSPS) is 25.3. The van der Waals surface area contributed by atoms with Gasteiger partial charge in [0.1, 0.15) is 6.17 Å². The van der Waals surface area contributed by atoms with E-state index in [9.17, 15) is 0 Å². The fourth-order valence-electron chi connectivity index (χ4n) is 7.84. The summed E-state index contributed by atoms with van der Waals surface area (Å²) in [4.78, 5) is 5.58. The molecule has 4 aliphatic rings. The molecule has 1 atom stereocenters. The second kappa shape index (κ2) is 8.95. The van der Waals surface area contributed by atoms with Gasteiger partial charge in [0.15, 0.2) is 0 Å². The van der Waals surface area contributed by atoms with Crippen molar-refractivity contribution in [3.8, 4) is 0 Å². The van der Waals surface area contributed by atoms with E-state index in [1.54, 1.807) is 0 Å². The van der Waals surface area contributed by atoms with Crippen molar-refractivity contribution in [1.29, 1.82) is 0 Å². The molecule has 178 valence electrons.